The molecule has 0 aliphatic rings. The van der Waals surface area contributed by atoms with Gasteiger partial charge in [0.05, 0.1) is 0 Å². The van der Waals surface area contributed by atoms with Crippen molar-refractivity contribution in [2.75, 3.05) is 0 Å². The number of halogens is 1. The quantitative estimate of drug-likeness (QED) is 0.578. The molecular formula is C11H13BrN2O2. The highest BCUT2D eigenvalue weighted by Crippen LogP contribution is 2.18. The number of nitrogens with one attached hydrogen (secondary N) is 1. The number of quaternary nitrogens is 1. The van der Waals surface area contributed by atoms with E-state index >= 15 is 0 Å². The SMILES string of the molecule is [Br-].[NH3+][C@@H](Cc1c[nH]c2ccccc12)C(=O)O. The number of hydrogen-bond acceptors (Lipinski definition) is 1. The summed E-state index contributed by atoms with van der Waals surface area (Å²) in [4.78, 5) is 13.8. The Bertz CT molecular complexity index is 495. The molecule has 1 heterocycles. The van der Waals surface area contributed by atoms with Gasteiger partial charge in [0, 0.05) is 23.5 Å². The van der Waals surface area contributed by atoms with E-state index in [2.05, 4.69) is 10.7 Å². The van der Waals surface area contributed by atoms with E-state index in [1.54, 1.807) is 0 Å². The second kappa shape index (κ2) is 5.14. The molecule has 16 heavy (non-hydrogen) atoms. The van der Waals surface area contributed by atoms with Crippen molar-refractivity contribution in [1.82, 2.24) is 4.98 Å². The Morgan fingerprint density at radius 3 is 2.81 bits per heavy atom. The topological polar surface area (TPSA) is 80.7 Å². The Balaban J connectivity index is 0.00000128. The van der Waals surface area contributed by atoms with Gasteiger partial charge in [0.15, 0.2) is 6.04 Å². The summed E-state index contributed by atoms with van der Waals surface area (Å²) in [7, 11) is 0. The molecule has 0 spiro atoms. The molecule has 0 amide bonds. The molecule has 86 valence electrons. The number of benzene rings is 1. The molecule has 0 bridgehead atoms. The molecule has 5 N–H and O–H groups in total. The molecule has 0 fully saturated rings. The number of aromatic nitrogens is 1. The predicted molar refractivity (Wildman–Crippen MR) is 56.3 cm³/mol. The van der Waals surface area contributed by atoms with E-state index in [4.69, 9.17) is 5.11 Å². The first-order valence-corrected chi connectivity index (χ1v) is 4.79. The molecule has 0 radical (unpaired) electrons. The minimum atomic E-state index is -0.861. The van der Waals surface area contributed by atoms with Crippen LogP contribution in [0.3, 0.4) is 0 Å². The molecular weight excluding hydrogens is 272 g/mol. The van der Waals surface area contributed by atoms with Gasteiger partial charge in [-0.05, 0) is 11.6 Å². The fourth-order valence-corrected chi connectivity index (χ4v) is 1.65. The van der Waals surface area contributed by atoms with Crippen molar-refractivity contribution >= 4 is 16.9 Å². The van der Waals surface area contributed by atoms with Gasteiger partial charge in [-0.1, -0.05) is 18.2 Å². The maximum atomic E-state index is 10.7. The minimum absolute atomic E-state index is 0. The second-order valence-electron chi connectivity index (χ2n) is 3.60. The summed E-state index contributed by atoms with van der Waals surface area (Å²) in [6.07, 6.45) is 2.31. The van der Waals surface area contributed by atoms with Crippen LogP contribution in [-0.4, -0.2) is 22.1 Å². The van der Waals surface area contributed by atoms with Gasteiger partial charge in [0.1, 0.15) is 0 Å². The number of para-hydroxylation sites is 1. The summed E-state index contributed by atoms with van der Waals surface area (Å²) >= 11 is 0. The van der Waals surface area contributed by atoms with Crippen LogP contribution in [0.5, 0.6) is 0 Å². The van der Waals surface area contributed by atoms with Crippen LogP contribution in [-0.2, 0) is 11.2 Å². The summed E-state index contributed by atoms with van der Waals surface area (Å²) in [6, 6.07) is 7.25. The zero-order valence-corrected chi connectivity index (χ0v) is 10.2. The van der Waals surface area contributed by atoms with Crippen molar-refractivity contribution in [1.29, 1.82) is 0 Å². The molecule has 0 saturated carbocycles. The third-order valence-electron chi connectivity index (χ3n) is 2.49. The Labute approximate surface area is 103 Å². The van der Waals surface area contributed by atoms with Crippen LogP contribution < -0.4 is 22.7 Å². The summed E-state index contributed by atoms with van der Waals surface area (Å²) in [6.45, 7) is 0. The van der Waals surface area contributed by atoms with Crippen LogP contribution >= 0.6 is 0 Å². The zero-order chi connectivity index (χ0) is 10.8. The van der Waals surface area contributed by atoms with Crippen molar-refractivity contribution in [2.24, 2.45) is 0 Å². The number of carbonyl (C=O) groups is 1. The molecule has 5 heteroatoms. The Morgan fingerprint density at radius 2 is 2.12 bits per heavy atom. The van der Waals surface area contributed by atoms with Gasteiger partial charge in [0.2, 0.25) is 0 Å². The first-order valence-electron chi connectivity index (χ1n) is 4.79. The number of hydrogen-bond donors (Lipinski definition) is 3. The summed E-state index contributed by atoms with van der Waals surface area (Å²) in [5, 5.41) is 9.86. The van der Waals surface area contributed by atoms with E-state index in [9.17, 15) is 4.79 Å². The van der Waals surface area contributed by atoms with Gasteiger partial charge in [-0.3, -0.25) is 0 Å². The highest BCUT2D eigenvalue weighted by molar-refractivity contribution is 5.84. The lowest BCUT2D eigenvalue weighted by Crippen LogP contribution is -3.00. The van der Waals surface area contributed by atoms with Gasteiger partial charge in [0.25, 0.3) is 0 Å². The second-order valence-corrected chi connectivity index (χ2v) is 3.60. The number of carboxylic acids is 1. The van der Waals surface area contributed by atoms with Crippen molar-refractivity contribution in [2.45, 2.75) is 12.5 Å². The minimum Gasteiger partial charge on any atom is -1.00 e. The van der Waals surface area contributed by atoms with Crippen molar-refractivity contribution in [3.05, 3.63) is 36.0 Å². The average molecular weight is 285 g/mol. The molecule has 0 saturated heterocycles. The summed E-state index contributed by atoms with van der Waals surface area (Å²) < 4.78 is 0. The third-order valence-corrected chi connectivity index (χ3v) is 2.49. The number of fused-ring (bicyclic) bond motifs is 1. The average Bonchev–Trinajstić information content (AvgIpc) is 2.62. The van der Waals surface area contributed by atoms with Gasteiger partial charge in [-0.15, -0.1) is 0 Å². The van der Waals surface area contributed by atoms with Crippen LogP contribution in [0.15, 0.2) is 30.5 Å². The van der Waals surface area contributed by atoms with Gasteiger partial charge in [-0.25, -0.2) is 4.79 Å². The van der Waals surface area contributed by atoms with Crippen molar-refractivity contribution in [3.63, 3.8) is 0 Å². The smallest absolute Gasteiger partial charge is 0.362 e. The molecule has 0 aliphatic carbocycles. The maximum absolute atomic E-state index is 10.7. The molecule has 0 aliphatic heterocycles. The number of H-pyrrole nitrogens is 1. The Hall–Kier alpha value is -1.33. The van der Waals surface area contributed by atoms with Crippen LogP contribution in [0, 0.1) is 0 Å². The van der Waals surface area contributed by atoms with Crippen molar-refractivity contribution < 1.29 is 32.6 Å². The first-order chi connectivity index (χ1) is 7.18. The third kappa shape index (κ3) is 2.43. The van der Waals surface area contributed by atoms with Gasteiger partial charge >= 0.3 is 5.97 Å². The highest BCUT2D eigenvalue weighted by atomic mass is 79.9. The van der Waals surface area contributed by atoms with Crippen LogP contribution in [0.1, 0.15) is 5.56 Å². The van der Waals surface area contributed by atoms with E-state index < -0.39 is 12.0 Å². The first kappa shape index (κ1) is 12.7. The fourth-order valence-electron chi connectivity index (χ4n) is 1.65. The van der Waals surface area contributed by atoms with Gasteiger partial charge < -0.3 is 32.8 Å². The summed E-state index contributed by atoms with van der Waals surface area (Å²) in [5.74, 6) is -0.861. The number of aromatic amines is 1. The van der Waals surface area contributed by atoms with Crippen LogP contribution in [0.4, 0.5) is 0 Å². The normalized spacial score (nSPS) is 12.1. The standard InChI is InChI=1S/C11H12N2O2.BrH/c12-9(11(14)15)5-7-6-13-10-4-2-1-3-8(7)10;/h1-4,6,9,13H,5,12H2,(H,14,15);1H/t9-;/m0./s1. The zero-order valence-electron chi connectivity index (χ0n) is 8.61. The highest BCUT2D eigenvalue weighted by Gasteiger charge is 2.17. The maximum Gasteiger partial charge on any atom is 0.362 e. The van der Waals surface area contributed by atoms with E-state index in [1.165, 1.54) is 0 Å². The predicted octanol–water partition coefficient (Wildman–Crippen LogP) is -2.59. The Morgan fingerprint density at radius 1 is 1.44 bits per heavy atom. The summed E-state index contributed by atoms with van der Waals surface area (Å²) in [5.41, 5.74) is 5.65. The molecule has 2 aromatic rings. The fraction of sp³-hybridized carbons (Fsp3) is 0.182. The molecule has 1 aromatic carbocycles. The molecule has 1 atom stereocenters. The van der Waals surface area contributed by atoms with E-state index in [0.29, 0.717) is 6.42 Å². The number of rotatable bonds is 3. The molecule has 4 nitrogen and oxygen atoms in total. The molecule has 1 aromatic heterocycles. The Kier molecular flexibility index (Phi) is 4.09. The molecule has 0 unspecified atom stereocenters. The lowest BCUT2D eigenvalue weighted by atomic mass is 10.1. The largest absolute Gasteiger partial charge is 1.00 e. The number of aliphatic carboxylic acids is 1. The van der Waals surface area contributed by atoms with Crippen molar-refractivity contribution in [3.8, 4) is 0 Å². The molecule has 2 rings (SSSR count). The van der Waals surface area contributed by atoms with E-state index in [-0.39, 0.29) is 17.0 Å². The number of carboxylic acid groups (broad SMARTS) is 1. The van der Waals surface area contributed by atoms with Crippen LogP contribution in [0.2, 0.25) is 0 Å². The van der Waals surface area contributed by atoms with E-state index in [0.717, 1.165) is 16.5 Å². The van der Waals surface area contributed by atoms with Gasteiger partial charge in [-0.2, -0.15) is 0 Å². The van der Waals surface area contributed by atoms with Crippen LogP contribution in [0.25, 0.3) is 10.9 Å². The monoisotopic (exact) mass is 284 g/mol. The lowest BCUT2D eigenvalue weighted by Gasteiger charge is -2.01. The van der Waals surface area contributed by atoms with E-state index in [1.807, 2.05) is 30.5 Å². The lowest BCUT2D eigenvalue weighted by molar-refractivity contribution is -0.407.